The van der Waals surface area contributed by atoms with Gasteiger partial charge >= 0.3 is 6.01 Å². The SMILES string of the molecule is C1=[N+](c2[c-]cc3oc4ccccc4c3c2)C=C[N+]=1c1ccccc1.Cc1ccc(-c2[c-]cccc2)nc1.[Ir]. The fourth-order valence-electron chi connectivity index (χ4n) is 4.16. The third-order valence-corrected chi connectivity index (χ3v) is 6.07. The van der Waals surface area contributed by atoms with Crippen LogP contribution in [-0.4, -0.2) is 20.1 Å². The van der Waals surface area contributed by atoms with Gasteiger partial charge in [-0.3, -0.25) is 0 Å². The summed E-state index contributed by atoms with van der Waals surface area (Å²) in [5, 5.41) is 2.21. The molecular weight excluding hydrogens is 647 g/mol. The van der Waals surface area contributed by atoms with E-state index in [2.05, 4.69) is 53.5 Å². The van der Waals surface area contributed by atoms with Crippen molar-refractivity contribution in [1.82, 2.24) is 4.98 Å². The van der Waals surface area contributed by atoms with E-state index in [9.17, 15) is 0 Å². The Morgan fingerprint density at radius 2 is 1.55 bits per heavy atom. The Kier molecular flexibility index (Phi) is 7.53. The van der Waals surface area contributed by atoms with E-state index in [1.165, 1.54) is 5.56 Å². The van der Waals surface area contributed by atoms with Crippen molar-refractivity contribution in [1.29, 1.82) is 0 Å². The molecule has 1 aliphatic heterocycles. The number of aryl methyl sites for hydroxylation is 1. The molecule has 0 amide bonds. The van der Waals surface area contributed by atoms with Crippen LogP contribution in [0, 0.1) is 19.1 Å². The second kappa shape index (κ2) is 11.3. The molecule has 0 fully saturated rings. The van der Waals surface area contributed by atoms with Gasteiger partial charge in [0, 0.05) is 49.4 Å². The Morgan fingerprint density at radius 3 is 2.34 bits per heavy atom. The molecule has 1 radical (unpaired) electrons. The summed E-state index contributed by atoms with van der Waals surface area (Å²) in [6, 6.07) is 43.9. The van der Waals surface area contributed by atoms with Crippen LogP contribution in [0.2, 0.25) is 0 Å². The largest absolute Gasteiger partial charge is 0.516 e. The van der Waals surface area contributed by atoms with Crippen molar-refractivity contribution in [3.05, 3.63) is 139 Å². The molecule has 38 heavy (non-hydrogen) atoms. The van der Waals surface area contributed by atoms with E-state index in [1.54, 1.807) is 0 Å². The van der Waals surface area contributed by atoms with Crippen molar-refractivity contribution in [2.75, 3.05) is 0 Å². The van der Waals surface area contributed by atoms with Crippen molar-refractivity contribution in [2.24, 2.45) is 0 Å². The minimum atomic E-state index is 0. The molecule has 4 aromatic carbocycles. The van der Waals surface area contributed by atoms with Crippen molar-refractivity contribution in [2.45, 2.75) is 6.92 Å². The average Bonchev–Trinajstić information content (AvgIpc) is 3.60. The zero-order valence-electron chi connectivity index (χ0n) is 20.6. The Balaban J connectivity index is 0.000000179. The summed E-state index contributed by atoms with van der Waals surface area (Å²) in [5.41, 5.74) is 6.96. The molecule has 0 saturated carbocycles. The first-order valence-electron chi connectivity index (χ1n) is 12.1. The monoisotopic (exact) mass is 670 g/mol. The van der Waals surface area contributed by atoms with Crippen molar-refractivity contribution >= 4 is 39.3 Å². The summed E-state index contributed by atoms with van der Waals surface area (Å²) >= 11 is 0. The second-order valence-corrected chi connectivity index (χ2v) is 8.67. The third-order valence-electron chi connectivity index (χ3n) is 6.07. The number of hydrogen-bond donors (Lipinski definition) is 0. The molecule has 5 heteroatoms. The molecule has 2 aromatic heterocycles. The zero-order valence-corrected chi connectivity index (χ0v) is 23.0. The van der Waals surface area contributed by atoms with E-state index < -0.39 is 0 Å². The maximum atomic E-state index is 5.86. The predicted octanol–water partition coefficient (Wildman–Crippen LogP) is 7.89. The van der Waals surface area contributed by atoms with Gasteiger partial charge in [-0.05, 0) is 24.2 Å². The van der Waals surface area contributed by atoms with Gasteiger partial charge in [-0.1, -0.05) is 69.1 Å². The van der Waals surface area contributed by atoms with Crippen molar-refractivity contribution < 1.29 is 33.7 Å². The topological polar surface area (TPSA) is 32.0 Å². The molecule has 0 spiro atoms. The predicted molar refractivity (Wildman–Crippen MR) is 146 cm³/mol. The molecule has 6 aromatic rings. The molecule has 3 heterocycles. The summed E-state index contributed by atoms with van der Waals surface area (Å²) in [5.74, 6) is 0. The molecule has 0 N–H and O–H groups in total. The molecule has 4 nitrogen and oxygen atoms in total. The number of pyridine rings is 1. The third kappa shape index (κ3) is 5.32. The van der Waals surface area contributed by atoms with Gasteiger partial charge in [0.1, 0.15) is 11.3 Å². The molecule has 7 rings (SSSR count). The first kappa shape index (κ1) is 25.3. The van der Waals surface area contributed by atoms with Gasteiger partial charge in [-0.25, -0.2) is 0 Å². The Hall–Kier alpha value is -4.40. The molecule has 0 saturated heterocycles. The van der Waals surface area contributed by atoms with Crippen LogP contribution in [0.4, 0.5) is 11.4 Å². The van der Waals surface area contributed by atoms with E-state index in [0.717, 1.165) is 44.6 Å². The second-order valence-electron chi connectivity index (χ2n) is 8.67. The van der Waals surface area contributed by atoms with Gasteiger partial charge in [-0.15, -0.1) is 48.0 Å². The molecule has 185 valence electrons. The molecular formula is C33H23IrN3O. The first-order chi connectivity index (χ1) is 18.2. The maximum Gasteiger partial charge on any atom is 0.499 e. The number of furan rings is 1. The minimum Gasteiger partial charge on any atom is -0.516 e. The fourth-order valence-corrected chi connectivity index (χ4v) is 4.16. The smallest absolute Gasteiger partial charge is 0.499 e. The molecule has 1 aliphatic rings. The van der Waals surface area contributed by atoms with Crippen LogP contribution < -0.4 is 0 Å². The maximum absolute atomic E-state index is 5.86. The molecule has 0 aliphatic carbocycles. The van der Waals surface area contributed by atoms with Gasteiger partial charge < -0.3 is 9.40 Å². The van der Waals surface area contributed by atoms with Gasteiger partial charge in [0.05, 0.1) is 0 Å². The number of aromatic nitrogens is 1. The van der Waals surface area contributed by atoms with Crippen LogP contribution >= 0.6 is 0 Å². The zero-order chi connectivity index (χ0) is 25.0. The van der Waals surface area contributed by atoms with Gasteiger partial charge in [-0.2, -0.15) is 0 Å². The van der Waals surface area contributed by atoms with Gasteiger partial charge in [0.25, 0.3) is 12.4 Å². The normalized spacial score (nSPS) is 11.9. The Morgan fingerprint density at radius 1 is 0.763 bits per heavy atom. The van der Waals surface area contributed by atoms with Crippen LogP contribution in [0.5, 0.6) is 0 Å². The Labute approximate surface area is 234 Å². The number of fused-ring (bicyclic) bond motifs is 3. The quantitative estimate of drug-likeness (QED) is 0.142. The number of rotatable bonds is 3. The van der Waals surface area contributed by atoms with Crippen molar-refractivity contribution in [3.8, 4) is 11.3 Å². The van der Waals surface area contributed by atoms with E-state index in [4.69, 9.17) is 4.42 Å². The van der Waals surface area contributed by atoms with E-state index >= 15 is 0 Å². The summed E-state index contributed by atoms with van der Waals surface area (Å²) in [7, 11) is 0. The summed E-state index contributed by atoms with van der Waals surface area (Å²) < 4.78 is 9.76. The van der Waals surface area contributed by atoms with E-state index in [-0.39, 0.29) is 20.1 Å². The van der Waals surface area contributed by atoms with Crippen LogP contribution in [0.1, 0.15) is 5.56 Å². The number of benzene rings is 4. The summed E-state index contributed by atoms with van der Waals surface area (Å²) in [4.78, 5) is 4.32. The van der Waals surface area contributed by atoms with Crippen LogP contribution in [-0.2, 0) is 20.1 Å². The van der Waals surface area contributed by atoms with E-state index in [1.807, 2.05) is 107 Å². The fraction of sp³-hybridized carbons (Fsp3) is 0.0303. The summed E-state index contributed by atoms with van der Waals surface area (Å²) in [6.07, 6.45) is 5.84. The van der Waals surface area contributed by atoms with Crippen LogP contribution in [0.15, 0.2) is 126 Å². The van der Waals surface area contributed by atoms with Gasteiger partial charge in [0.2, 0.25) is 5.69 Å². The molecule has 0 unspecified atom stereocenters. The van der Waals surface area contributed by atoms with Gasteiger partial charge in [0.15, 0.2) is 0 Å². The number of nitrogens with zero attached hydrogens (tertiary/aromatic N) is 3. The first-order valence-corrected chi connectivity index (χ1v) is 12.1. The number of hydrogen-bond acceptors (Lipinski definition) is 2. The molecule has 0 atom stereocenters. The minimum absolute atomic E-state index is 0. The number of para-hydroxylation sites is 2. The van der Waals surface area contributed by atoms with Crippen LogP contribution in [0.25, 0.3) is 33.2 Å². The molecule has 0 bridgehead atoms. The van der Waals surface area contributed by atoms with Crippen molar-refractivity contribution in [3.63, 3.8) is 0 Å². The Bertz CT molecular complexity index is 1800. The van der Waals surface area contributed by atoms with Crippen LogP contribution in [0.3, 0.4) is 0 Å². The standard InChI is InChI=1S/C21H13N2O.C12H10N.Ir/c1-2-6-16(7-3-1)22-12-13-23(15-22)17-10-11-21-19(14-17)18-8-4-5-9-20(18)24-21;1-10-7-8-12(13-9-10)11-5-3-2-4-6-11;/h1-9,11-14H;2-5,7-9H,1H3;/q+1;-1;. The summed E-state index contributed by atoms with van der Waals surface area (Å²) in [6.45, 7) is 2.03. The van der Waals surface area contributed by atoms with E-state index in [0.29, 0.717) is 0 Å². The average molecular weight is 670 g/mol.